The van der Waals surface area contributed by atoms with Crippen molar-refractivity contribution in [2.24, 2.45) is 5.92 Å². The molecular formula is C13H15FN2O5. The fourth-order valence-corrected chi connectivity index (χ4v) is 1.81. The Hall–Kier alpha value is -2.22. The van der Waals surface area contributed by atoms with Crippen molar-refractivity contribution in [1.82, 2.24) is 0 Å². The summed E-state index contributed by atoms with van der Waals surface area (Å²) in [5.74, 6) is -2.00. The van der Waals surface area contributed by atoms with Gasteiger partial charge in [-0.15, -0.1) is 0 Å². The van der Waals surface area contributed by atoms with E-state index in [2.05, 4.69) is 5.32 Å². The monoisotopic (exact) mass is 298 g/mol. The lowest BCUT2D eigenvalue weighted by Crippen LogP contribution is -2.13. The first-order chi connectivity index (χ1) is 9.99. The van der Waals surface area contributed by atoms with Crippen molar-refractivity contribution in [3.63, 3.8) is 0 Å². The molecule has 0 amide bonds. The van der Waals surface area contributed by atoms with Crippen LogP contribution in [-0.4, -0.2) is 35.8 Å². The smallest absolute Gasteiger partial charge is 0.338 e. The van der Waals surface area contributed by atoms with Gasteiger partial charge in [-0.25, -0.2) is 9.18 Å². The fraction of sp³-hybridized carbons (Fsp3) is 0.462. The molecule has 0 radical (unpaired) electrons. The molecule has 114 valence electrons. The minimum atomic E-state index is -1.48. The largest absolute Gasteiger partial charge is 0.478 e. The van der Waals surface area contributed by atoms with Gasteiger partial charge in [-0.3, -0.25) is 10.1 Å². The number of halogens is 1. The van der Waals surface area contributed by atoms with E-state index in [0.29, 0.717) is 25.2 Å². The first kappa shape index (κ1) is 15.2. The first-order valence-electron chi connectivity index (χ1n) is 6.52. The van der Waals surface area contributed by atoms with Crippen LogP contribution < -0.4 is 5.32 Å². The van der Waals surface area contributed by atoms with Crippen LogP contribution in [0.15, 0.2) is 12.1 Å². The summed E-state index contributed by atoms with van der Waals surface area (Å²) in [5.41, 5.74) is -1.14. The number of rotatable bonds is 8. The van der Waals surface area contributed by atoms with E-state index < -0.39 is 28.0 Å². The maximum absolute atomic E-state index is 13.4. The number of nitrogens with zero attached hydrogens (tertiary/aromatic N) is 1. The number of benzene rings is 1. The highest BCUT2D eigenvalue weighted by Crippen LogP contribution is 2.29. The van der Waals surface area contributed by atoms with Crippen molar-refractivity contribution in [2.45, 2.75) is 12.8 Å². The van der Waals surface area contributed by atoms with Crippen molar-refractivity contribution < 1.29 is 24.0 Å². The van der Waals surface area contributed by atoms with Crippen LogP contribution in [0, 0.1) is 21.8 Å². The second-order valence-electron chi connectivity index (χ2n) is 4.86. The van der Waals surface area contributed by atoms with Gasteiger partial charge in [0.25, 0.3) is 5.69 Å². The predicted octanol–water partition coefficient (Wildman–Crippen LogP) is 2.27. The number of aromatic carboxylic acids is 1. The molecule has 8 heteroatoms. The quantitative estimate of drug-likeness (QED) is 0.433. The van der Waals surface area contributed by atoms with Crippen molar-refractivity contribution in [1.29, 1.82) is 0 Å². The van der Waals surface area contributed by atoms with Crippen molar-refractivity contribution in [2.75, 3.05) is 25.1 Å². The Labute approximate surface area is 119 Å². The normalized spacial score (nSPS) is 14.0. The van der Waals surface area contributed by atoms with Crippen LogP contribution in [0.5, 0.6) is 0 Å². The summed E-state index contributed by atoms with van der Waals surface area (Å²) in [5, 5.41) is 22.4. The van der Waals surface area contributed by atoms with Crippen LogP contribution in [0.2, 0.25) is 0 Å². The van der Waals surface area contributed by atoms with Gasteiger partial charge in [-0.05, 0) is 24.8 Å². The van der Waals surface area contributed by atoms with Gasteiger partial charge in [0.05, 0.1) is 23.2 Å². The molecule has 1 aliphatic carbocycles. The Morgan fingerprint density at radius 1 is 1.52 bits per heavy atom. The molecule has 0 aliphatic heterocycles. The number of nitrogens with one attached hydrogen (secondary N) is 1. The molecular weight excluding hydrogens is 283 g/mol. The van der Waals surface area contributed by atoms with E-state index in [9.17, 15) is 19.3 Å². The molecule has 2 N–H and O–H groups in total. The summed E-state index contributed by atoms with van der Waals surface area (Å²) in [4.78, 5) is 21.0. The summed E-state index contributed by atoms with van der Waals surface area (Å²) in [6, 6.07) is 1.54. The van der Waals surface area contributed by atoms with Crippen molar-refractivity contribution >= 4 is 17.3 Å². The first-order valence-corrected chi connectivity index (χ1v) is 6.52. The molecule has 0 atom stereocenters. The Bertz CT molecular complexity index is 560. The van der Waals surface area contributed by atoms with Crippen molar-refractivity contribution in [3.8, 4) is 0 Å². The number of carbonyl (C=O) groups is 1. The van der Waals surface area contributed by atoms with Gasteiger partial charge < -0.3 is 15.2 Å². The van der Waals surface area contributed by atoms with Gasteiger partial charge in [0.1, 0.15) is 11.5 Å². The number of nitro benzene ring substituents is 1. The summed E-state index contributed by atoms with van der Waals surface area (Å²) < 4.78 is 18.8. The zero-order chi connectivity index (χ0) is 15.4. The molecule has 0 saturated heterocycles. The minimum Gasteiger partial charge on any atom is -0.478 e. The molecule has 1 aliphatic rings. The molecule has 1 aromatic rings. The Morgan fingerprint density at radius 3 is 2.81 bits per heavy atom. The average Bonchev–Trinajstić information content (AvgIpc) is 3.23. The number of hydrogen-bond donors (Lipinski definition) is 2. The Kier molecular flexibility index (Phi) is 4.69. The van der Waals surface area contributed by atoms with Gasteiger partial charge in [0, 0.05) is 13.2 Å². The third-order valence-corrected chi connectivity index (χ3v) is 3.12. The number of hydrogen-bond acceptors (Lipinski definition) is 5. The summed E-state index contributed by atoms with van der Waals surface area (Å²) >= 11 is 0. The second kappa shape index (κ2) is 6.49. The number of ether oxygens (including phenoxy) is 1. The van der Waals surface area contributed by atoms with Crippen LogP contribution >= 0.6 is 0 Å². The Balaban J connectivity index is 2.02. The van der Waals surface area contributed by atoms with E-state index in [4.69, 9.17) is 9.84 Å². The lowest BCUT2D eigenvalue weighted by Gasteiger charge is -2.09. The van der Waals surface area contributed by atoms with Crippen LogP contribution in [0.3, 0.4) is 0 Å². The van der Waals surface area contributed by atoms with Gasteiger partial charge in [-0.2, -0.15) is 0 Å². The molecule has 1 aromatic carbocycles. The number of carboxylic acids is 1. The summed E-state index contributed by atoms with van der Waals surface area (Å²) in [7, 11) is 0. The van der Waals surface area contributed by atoms with Crippen LogP contribution in [0.4, 0.5) is 15.8 Å². The molecule has 0 heterocycles. The maximum Gasteiger partial charge on any atom is 0.338 e. The zero-order valence-electron chi connectivity index (χ0n) is 11.2. The molecule has 1 saturated carbocycles. The highest BCUT2D eigenvalue weighted by molar-refractivity contribution is 5.90. The zero-order valence-corrected chi connectivity index (χ0v) is 11.2. The van der Waals surface area contributed by atoms with E-state index in [1.54, 1.807) is 0 Å². The molecule has 0 aromatic heterocycles. The summed E-state index contributed by atoms with van der Waals surface area (Å²) in [6.45, 7) is 1.28. The van der Waals surface area contributed by atoms with Crippen LogP contribution in [-0.2, 0) is 4.74 Å². The topological polar surface area (TPSA) is 102 Å². The highest BCUT2D eigenvalue weighted by atomic mass is 19.1. The Morgan fingerprint density at radius 2 is 2.24 bits per heavy atom. The third-order valence-electron chi connectivity index (χ3n) is 3.12. The molecule has 1 fully saturated rings. The third kappa shape index (κ3) is 4.12. The maximum atomic E-state index is 13.4. The van der Waals surface area contributed by atoms with Gasteiger partial charge in [-0.1, -0.05) is 0 Å². The summed E-state index contributed by atoms with van der Waals surface area (Å²) in [6.07, 6.45) is 2.33. The minimum absolute atomic E-state index is 0.0335. The number of carboxylic acid groups (broad SMARTS) is 1. The SMILES string of the molecule is O=C(O)c1cc(NCCOCC2CC2)c([N+](=O)[O-])cc1F. The van der Waals surface area contributed by atoms with Gasteiger partial charge >= 0.3 is 5.97 Å². The van der Waals surface area contributed by atoms with E-state index in [1.165, 1.54) is 12.8 Å². The van der Waals surface area contributed by atoms with E-state index in [-0.39, 0.29) is 12.2 Å². The lowest BCUT2D eigenvalue weighted by atomic mass is 10.1. The highest BCUT2D eigenvalue weighted by Gasteiger charge is 2.22. The standard InChI is InChI=1S/C13H15FN2O5/c14-10-6-12(16(19)20)11(5-9(10)13(17)18)15-3-4-21-7-8-1-2-8/h5-6,8,15H,1-4,7H2,(H,17,18). The fourth-order valence-electron chi connectivity index (χ4n) is 1.81. The number of anilines is 1. The molecule has 7 nitrogen and oxygen atoms in total. The van der Waals surface area contributed by atoms with Crippen LogP contribution in [0.1, 0.15) is 23.2 Å². The lowest BCUT2D eigenvalue weighted by molar-refractivity contribution is -0.384. The van der Waals surface area contributed by atoms with Gasteiger partial charge in [0.15, 0.2) is 0 Å². The number of nitro groups is 1. The molecule has 2 rings (SSSR count). The van der Waals surface area contributed by atoms with E-state index >= 15 is 0 Å². The van der Waals surface area contributed by atoms with E-state index in [0.717, 1.165) is 6.07 Å². The van der Waals surface area contributed by atoms with Gasteiger partial charge in [0.2, 0.25) is 0 Å². The van der Waals surface area contributed by atoms with Crippen LogP contribution in [0.25, 0.3) is 0 Å². The predicted molar refractivity (Wildman–Crippen MR) is 72.0 cm³/mol. The average molecular weight is 298 g/mol. The molecule has 0 bridgehead atoms. The molecule has 0 spiro atoms. The molecule has 0 unspecified atom stereocenters. The second-order valence-corrected chi connectivity index (χ2v) is 4.86. The molecule has 21 heavy (non-hydrogen) atoms. The van der Waals surface area contributed by atoms with Crippen molar-refractivity contribution in [3.05, 3.63) is 33.6 Å². The van der Waals surface area contributed by atoms with E-state index in [1.807, 2.05) is 0 Å².